The summed E-state index contributed by atoms with van der Waals surface area (Å²) in [5, 5.41) is 0. The monoisotopic (exact) mass is 250 g/mol. The summed E-state index contributed by atoms with van der Waals surface area (Å²) in [5.41, 5.74) is 7.22. The van der Waals surface area contributed by atoms with Crippen molar-refractivity contribution in [3.8, 4) is 0 Å². The molecule has 2 atom stereocenters. The molecule has 0 saturated heterocycles. The highest BCUT2D eigenvalue weighted by Gasteiger charge is 2.22. The number of nitrogens with zero attached hydrogens (tertiary/aromatic N) is 3. The Kier molecular flexibility index (Phi) is 6.25. The molecule has 4 nitrogen and oxygen atoms in total. The third-order valence-corrected chi connectivity index (χ3v) is 3.28. The van der Waals surface area contributed by atoms with Crippen molar-refractivity contribution in [1.29, 1.82) is 0 Å². The number of aromatic nitrogens is 1. The van der Waals surface area contributed by atoms with Gasteiger partial charge in [0.05, 0.1) is 0 Å². The first-order valence-electron chi connectivity index (χ1n) is 6.60. The fourth-order valence-electron chi connectivity index (χ4n) is 2.52. The van der Waals surface area contributed by atoms with Crippen molar-refractivity contribution < 1.29 is 0 Å². The molecule has 0 aliphatic heterocycles. The van der Waals surface area contributed by atoms with E-state index >= 15 is 0 Å². The van der Waals surface area contributed by atoms with E-state index in [1.165, 1.54) is 5.56 Å². The fourth-order valence-corrected chi connectivity index (χ4v) is 2.52. The molecule has 1 aromatic heterocycles. The zero-order valence-electron chi connectivity index (χ0n) is 12.0. The largest absolute Gasteiger partial charge is 0.329 e. The Morgan fingerprint density at radius 1 is 1.28 bits per heavy atom. The second-order valence-electron chi connectivity index (χ2n) is 4.97. The van der Waals surface area contributed by atoms with Gasteiger partial charge in [-0.25, -0.2) is 0 Å². The van der Waals surface area contributed by atoms with Crippen LogP contribution in [0.1, 0.15) is 25.5 Å². The molecular weight excluding hydrogens is 224 g/mol. The second kappa shape index (κ2) is 7.46. The molecule has 0 radical (unpaired) electrons. The Bertz CT molecular complexity index is 326. The van der Waals surface area contributed by atoms with Crippen LogP contribution >= 0.6 is 0 Å². The van der Waals surface area contributed by atoms with E-state index in [0.717, 1.165) is 13.1 Å². The molecule has 102 valence electrons. The predicted octanol–water partition coefficient (Wildman–Crippen LogP) is 1.35. The van der Waals surface area contributed by atoms with Crippen LogP contribution in [0.2, 0.25) is 0 Å². The van der Waals surface area contributed by atoms with Gasteiger partial charge in [-0.3, -0.25) is 9.88 Å². The molecule has 1 rings (SSSR count). The molecule has 1 heterocycles. The van der Waals surface area contributed by atoms with Crippen LogP contribution in [0.15, 0.2) is 24.5 Å². The summed E-state index contributed by atoms with van der Waals surface area (Å²) >= 11 is 0. The first-order chi connectivity index (χ1) is 8.60. The first-order valence-corrected chi connectivity index (χ1v) is 6.60. The molecule has 18 heavy (non-hydrogen) atoms. The lowest BCUT2D eigenvalue weighted by Crippen LogP contribution is -2.44. The van der Waals surface area contributed by atoms with E-state index in [4.69, 9.17) is 5.73 Å². The van der Waals surface area contributed by atoms with Crippen LogP contribution in [0, 0.1) is 0 Å². The summed E-state index contributed by atoms with van der Waals surface area (Å²) in [5.74, 6) is 0. The van der Waals surface area contributed by atoms with Gasteiger partial charge < -0.3 is 10.6 Å². The number of hydrogen-bond acceptors (Lipinski definition) is 4. The molecule has 0 spiro atoms. The molecule has 4 heteroatoms. The van der Waals surface area contributed by atoms with E-state index in [1.807, 2.05) is 12.4 Å². The lowest BCUT2D eigenvalue weighted by Gasteiger charge is -2.36. The summed E-state index contributed by atoms with van der Waals surface area (Å²) < 4.78 is 0. The van der Waals surface area contributed by atoms with Crippen LogP contribution in [-0.4, -0.2) is 54.6 Å². The Morgan fingerprint density at radius 2 is 1.89 bits per heavy atom. The molecule has 2 N–H and O–H groups in total. The van der Waals surface area contributed by atoms with Gasteiger partial charge in [-0.2, -0.15) is 0 Å². The third-order valence-electron chi connectivity index (χ3n) is 3.28. The first kappa shape index (κ1) is 15.1. The highest BCUT2D eigenvalue weighted by atomic mass is 15.2. The maximum atomic E-state index is 5.97. The van der Waals surface area contributed by atoms with Crippen molar-refractivity contribution in [3.05, 3.63) is 30.1 Å². The zero-order chi connectivity index (χ0) is 13.5. The highest BCUT2D eigenvalue weighted by Crippen LogP contribution is 2.21. The SMILES string of the molecule is CCN(C(C)CN(C)C)C(CN)c1ccncc1. The average Bonchev–Trinajstić information content (AvgIpc) is 2.35. The van der Waals surface area contributed by atoms with Crippen LogP contribution in [0.3, 0.4) is 0 Å². The van der Waals surface area contributed by atoms with Gasteiger partial charge in [0.15, 0.2) is 0 Å². The smallest absolute Gasteiger partial charge is 0.0474 e. The normalized spacial score (nSPS) is 15.1. The summed E-state index contributed by atoms with van der Waals surface area (Å²) in [6.45, 7) is 7.12. The average molecular weight is 250 g/mol. The van der Waals surface area contributed by atoms with Crippen molar-refractivity contribution >= 4 is 0 Å². The van der Waals surface area contributed by atoms with Gasteiger partial charge >= 0.3 is 0 Å². The van der Waals surface area contributed by atoms with Crippen LogP contribution in [0.5, 0.6) is 0 Å². The van der Waals surface area contributed by atoms with Crippen LogP contribution in [-0.2, 0) is 0 Å². The quantitative estimate of drug-likeness (QED) is 0.793. The minimum Gasteiger partial charge on any atom is -0.329 e. The Balaban J connectivity index is 2.84. The van der Waals surface area contributed by atoms with E-state index in [1.54, 1.807) is 0 Å². The van der Waals surface area contributed by atoms with Gasteiger partial charge in [0, 0.05) is 37.6 Å². The number of hydrogen-bond donors (Lipinski definition) is 1. The number of rotatable bonds is 7. The Hall–Kier alpha value is -0.970. The molecule has 1 aromatic rings. The molecule has 0 aliphatic carbocycles. The maximum absolute atomic E-state index is 5.97. The highest BCUT2D eigenvalue weighted by molar-refractivity contribution is 5.16. The van der Waals surface area contributed by atoms with E-state index in [9.17, 15) is 0 Å². The van der Waals surface area contributed by atoms with Crippen LogP contribution in [0.25, 0.3) is 0 Å². The van der Waals surface area contributed by atoms with Crippen LogP contribution < -0.4 is 5.73 Å². The van der Waals surface area contributed by atoms with Gasteiger partial charge in [-0.15, -0.1) is 0 Å². The molecule has 0 aliphatic rings. The van der Waals surface area contributed by atoms with Crippen molar-refractivity contribution in [3.63, 3.8) is 0 Å². The van der Waals surface area contributed by atoms with Crippen molar-refractivity contribution in [1.82, 2.24) is 14.8 Å². The topological polar surface area (TPSA) is 45.4 Å². The fraction of sp³-hybridized carbons (Fsp3) is 0.643. The third kappa shape index (κ3) is 4.05. The van der Waals surface area contributed by atoms with Crippen LogP contribution in [0.4, 0.5) is 0 Å². The summed E-state index contributed by atoms with van der Waals surface area (Å²) in [6.07, 6.45) is 3.67. The van der Waals surface area contributed by atoms with Gasteiger partial charge in [0.25, 0.3) is 0 Å². The van der Waals surface area contributed by atoms with E-state index in [0.29, 0.717) is 12.6 Å². The standard InChI is InChI=1S/C14H26N4/c1-5-18(12(2)11-17(3)4)14(10-15)13-6-8-16-9-7-13/h6-9,12,14H,5,10-11,15H2,1-4H3. The molecular formula is C14H26N4. The number of nitrogens with two attached hydrogens (primary N) is 1. The second-order valence-corrected chi connectivity index (χ2v) is 4.97. The molecule has 0 saturated carbocycles. The molecule has 0 bridgehead atoms. The molecule has 0 amide bonds. The summed E-state index contributed by atoms with van der Waals surface area (Å²) in [7, 11) is 4.21. The van der Waals surface area contributed by atoms with E-state index in [2.05, 4.69) is 54.9 Å². The zero-order valence-corrected chi connectivity index (χ0v) is 12.0. The summed E-state index contributed by atoms with van der Waals surface area (Å²) in [6, 6.07) is 4.87. The van der Waals surface area contributed by atoms with Crippen molar-refractivity contribution in [2.24, 2.45) is 5.73 Å². The summed E-state index contributed by atoms with van der Waals surface area (Å²) in [4.78, 5) is 8.74. The van der Waals surface area contributed by atoms with Crippen molar-refractivity contribution in [2.45, 2.75) is 25.9 Å². The van der Waals surface area contributed by atoms with Gasteiger partial charge in [0.1, 0.15) is 0 Å². The minimum absolute atomic E-state index is 0.271. The number of pyridine rings is 1. The van der Waals surface area contributed by atoms with E-state index < -0.39 is 0 Å². The van der Waals surface area contributed by atoms with Gasteiger partial charge in [-0.1, -0.05) is 6.92 Å². The Labute approximate surface area is 111 Å². The minimum atomic E-state index is 0.271. The maximum Gasteiger partial charge on any atom is 0.0474 e. The Morgan fingerprint density at radius 3 is 2.33 bits per heavy atom. The molecule has 0 fully saturated rings. The number of likely N-dealkylation sites (N-methyl/N-ethyl adjacent to an activating group) is 2. The molecule has 0 aromatic carbocycles. The predicted molar refractivity (Wildman–Crippen MR) is 76.4 cm³/mol. The van der Waals surface area contributed by atoms with Gasteiger partial charge in [0.2, 0.25) is 0 Å². The van der Waals surface area contributed by atoms with Gasteiger partial charge in [-0.05, 0) is 45.3 Å². The van der Waals surface area contributed by atoms with Crippen molar-refractivity contribution in [2.75, 3.05) is 33.7 Å². The lowest BCUT2D eigenvalue weighted by molar-refractivity contribution is 0.131. The van der Waals surface area contributed by atoms with E-state index in [-0.39, 0.29) is 6.04 Å². The molecule has 2 unspecified atom stereocenters. The lowest BCUT2D eigenvalue weighted by atomic mass is 10.0.